The van der Waals surface area contributed by atoms with Gasteiger partial charge in [0.25, 0.3) is 0 Å². The maximum atomic E-state index is 12.5. The minimum absolute atomic E-state index is 0.224. The second-order valence-corrected chi connectivity index (χ2v) is 7.60. The number of halogens is 2. The average Bonchev–Trinajstić information content (AvgIpc) is 3.07. The van der Waals surface area contributed by atoms with Gasteiger partial charge in [-0.05, 0) is 48.0 Å². The summed E-state index contributed by atoms with van der Waals surface area (Å²) in [5, 5.41) is 15.4. The summed E-state index contributed by atoms with van der Waals surface area (Å²) < 4.78 is 1.62. The number of hydrogen-bond acceptors (Lipinski definition) is 5. The molecule has 134 valence electrons. The number of aromatic nitrogens is 4. The second-order valence-electron chi connectivity index (χ2n) is 5.51. The molecule has 9 heteroatoms. The molecule has 1 heterocycles. The van der Waals surface area contributed by atoms with E-state index in [1.165, 1.54) is 11.8 Å². The molecule has 1 N–H and O–H groups in total. The highest BCUT2D eigenvalue weighted by atomic mass is 35.5. The Morgan fingerprint density at radius 1 is 1.19 bits per heavy atom. The van der Waals surface area contributed by atoms with Crippen LogP contribution in [-0.4, -0.2) is 31.4 Å². The van der Waals surface area contributed by atoms with Gasteiger partial charge in [0, 0.05) is 0 Å². The van der Waals surface area contributed by atoms with Gasteiger partial charge in [0.05, 0.1) is 26.7 Å². The zero-order valence-corrected chi connectivity index (χ0v) is 16.3. The van der Waals surface area contributed by atoms with Crippen LogP contribution in [0.3, 0.4) is 0 Å². The molecule has 26 heavy (non-hydrogen) atoms. The molecule has 0 radical (unpaired) electrons. The van der Waals surface area contributed by atoms with Crippen molar-refractivity contribution in [2.75, 3.05) is 5.32 Å². The predicted molar refractivity (Wildman–Crippen MR) is 104 cm³/mol. The zero-order valence-electron chi connectivity index (χ0n) is 14.0. The number of benzene rings is 2. The number of aryl methyl sites for hydroxylation is 1. The van der Waals surface area contributed by atoms with Crippen molar-refractivity contribution < 1.29 is 4.79 Å². The minimum atomic E-state index is -0.446. The summed E-state index contributed by atoms with van der Waals surface area (Å²) in [4.78, 5) is 12.5. The fourth-order valence-electron chi connectivity index (χ4n) is 2.25. The smallest absolute Gasteiger partial charge is 0.237 e. The van der Waals surface area contributed by atoms with Gasteiger partial charge in [-0.15, -0.1) is 5.10 Å². The van der Waals surface area contributed by atoms with Crippen LogP contribution in [0.15, 0.2) is 47.6 Å². The normalized spacial score (nSPS) is 12.0. The number of nitrogens with one attached hydrogen (secondary N) is 1. The van der Waals surface area contributed by atoms with Crippen LogP contribution in [0.4, 0.5) is 5.69 Å². The Kier molecular flexibility index (Phi) is 5.80. The molecule has 0 aliphatic heterocycles. The Morgan fingerprint density at radius 2 is 1.96 bits per heavy atom. The standard InChI is InChI=1S/C17H15Cl2N5OS/c1-10-6-3-4-9-14(10)24-17(21-22-23-24)26-11(2)16(25)20-13-8-5-7-12(18)15(13)19/h3-9,11H,1-2H3,(H,20,25)/t11-/m1/s1. The highest BCUT2D eigenvalue weighted by molar-refractivity contribution is 8.00. The van der Waals surface area contributed by atoms with Crippen LogP contribution < -0.4 is 5.32 Å². The van der Waals surface area contributed by atoms with Crippen molar-refractivity contribution >= 4 is 46.6 Å². The van der Waals surface area contributed by atoms with Gasteiger partial charge in [0.2, 0.25) is 11.1 Å². The average molecular weight is 408 g/mol. The van der Waals surface area contributed by atoms with Crippen molar-refractivity contribution in [3.8, 4) is 5.69 Å². The van der Waals surface area contributed by atoms with E-state index in [0.29, 0.717) is 20.9 Å². The lowest BCUT2D eigenvalue weighted by Crippen LogP contribution is -2.23. The number of carbonyl (C=O) groups is 1. The van der Waals surface area contributed by atoms with E-state index in [4.69, 9.17) is 23.2 Å². The Labute approximate surface area is 164 Å². The maximum Gasteiger partial charge on any atom is 0.237 e. The van der Waals surface area contributed by atoms with Crippen molar-refractivity contribution in [2.45, 2.75) is 24.3 Å². The van der Waals surface area contributed by atoms with E-state index in [1.54, 1.807) is 29.8 Å². The summed E-state index contributed by atoms with van der Waals surface area (Å²) in [7, 11) is 0. The first-order valence-corrected chi connectivity index (χ1v) is 9.37. The molecule has 3 aromatic rings. The zero-order chi connectivity index (χ0) is 18.7. The van der Waals surface area contributed by atoms with E-state index < -0.39 is 5.25 Å². The predicted octanol–water partition coefficient (Wildman–Crippen LogP) is 4.40. The van der Waals surface area contributed by atoms with Gasteiger partial charge < -0.3 is 5.32 Å². The Bertz CT molecular complexity index is 946. The number of rotatable bonds is 5. The number of nitrogens with zero attached hydrogens (tertiary/aromatic N) is 4. The second kappa shape index (κ2) is 8.07. The van der Waals surface area contributed by atoms with Gasteiger partial charge in [0.1, 0.15) is 0 Å². The summed E-state index contributed by atoms with van der Waals surface area (Å²) in [5.41, 5.74) is 2.37. The Morgan fingerprint density at radius 3 is 2.73 bits per heavy atom. The molecule has 0 saturated heterocycles. The molecule has 6 nitrogen and oxygen atoms in total. The van der Waals surface area contributed by atoms with Crippen LogP contribution in [0.5, 0.6) is 0 Å². The van der Waals surface area contributed by atoms with Crippen LogP contribution in [0.1, 0.15) is 12.5 Å². The SMILES string of the molecule is Cc1ccccc1-n1nnnc1S[C@H](C)C(=O)Nc1cccc(Cl)c1Cl. The van der Waals surface area contributed by atoms with Gasteiger partial charge >= 0.3 is 0 Å². The summed E-state index contributed by atoms with van der Waals surface area (Å²) in [6.45, 7) is 3.75. The number of anilines is 1. The van der Waals surface area contributed by atoms with Crippen molar-refractivity contribution in [1.29, 1.82) is 0 Å². The van der Waals surface area contributed by atoms with E-state index in [2.05, 4.69) is 20.8 Å². The van der Waals surface area contributed by atoms with Gasteiger partial charge in [-0.2, -0.15) is 4.68 Å². The van der Waals surface area contributed by atoms with E-state index in [9.17, 15) is 4.79 Å². The van der Waals surface area contributed by atoms with Crippen LogP contribution >= 0.6 is 35.0 Å². The molecule has 0 bridgehead atoms. The number of thioether (sulfide) groups is 1. The third-order valence-corrected chi connectivity index (χ3v) is 5.50. The summed E-state index contributed by atoms with van der Waals surface area (Å²) in [6, 6.07) is 12.8. The Hall–Kier alpha value is -2.09. The van der Waals surface area contributed by atoms with Crippen molar-refractivity contribution in [3.05, 3.63) is 58.1 Å². The molecule has 0 aliphatic rings. The van der Waals surface area contributed by atoms with Gasteiger partial charge in [-0.25, -0.2) is 0 Å². The largest absolute Gasteiger partial charge is 0.324 e. The quantitative estimate of drug-likeness (QED) is 0.634. The number of carbonyl (C=O) groups excluding carboxylic acids is 1. The topological polar surface area (TPSA) is 72.7 Å². The number of hydrogen-bond donors (Lipinski definition) is 1. The molecular formula is C17H15Cl2N5OS. The number of tetrazole rings is 1. The minimum Gasteiger partial charge on any atom is -0.324 e. The van der Waals surface area contributed by atoms with Gasteiger partial charge in [-0.1, -0.05) is 59.2 Å². The fraction of sp³-hybridized carbons (Fsp3) is 0.176. The van der Waals surface area contributed by atoms with Crippen LogP contribution in [0, 0.1) is 6.92 Å². The summed E-state index contributed by atoms with van der Waals surface area (Å²) in [6.07, 6.45) is 0. The fourth-order valence-corrected chi connectivity index (χ4v) is 3.40. The first-order chi connectivity index (χ1) is 12.5. The van der Waals surface area contributed by atoms with Crippen molar-refractivity contribution in [2.24, 2.45) is 0 Å². The highest BCUT2D eigenvalue weighted by Gasteiger charge is 2.20. The van der Waals surface area contributed by atoms with Crippen LogP contribution in [-0.2, 0) is 4.79 Å². The van der Waals surface area contributed by atoms with Crippen LogP contribution in [0.25, 0.3) is 5.69 Å². The monoisotopic (exact) mass is 407 g/mol. The van der Waals surface area contributed by atoms with E-state index in [-0.39, 0.29) is 5.91 Å². The summed E-state index contributed by atoms with van der Waals surface area (Å²) in [5.74, 6) is -0.224. The van der Waals surface area contributed by atoms with Crippen molar-refractivity contribution in [1.82, 2.24) is 20.2 Å². The van der Waals surface area contributed by atoms with E-state index in [1.807, 2.05) is 31.2 Å². The molecule has 2 aromatic carbocycles. The van der Waals surface area contributed by atoms with Gasteiger partial charge in [-0.3, -0.25) is 4.79 Å². The lowest BCUT2D eigenvalue weighted by Gasteiger charge is -2.13. The third-order valence-electron chi connectivity index (χ3n) is 3.65. The molecule has 0 unspecified atom stereocenters. The molecule has 1 atom stereocenters. The van der Waals surface area contributed by atoms with Crippen molar-refractivity contribution in [3.63, 3.8) is 0 Å². The molecule has 0 fully saturated rings. The molecule has 3 rings (SSSR count). The Balaban J connectivity index is 1.76. The van der Waals surface area contributed by atoms with Crippen LogP contribution in [0.2, 0.25) is 10.0 Å². The molecule has 0 aliphatic carbocycles. The molecule has 1 aromatic heterocycles. The lowest BCUT2D eigenvalue weighted by atomic mass is 10.2. The number of amides is 1. The summed E-state index contributed by atoms with van der Waals surface area (Å²) >= 11 is 13.4. The first kappa shape index (κ1) is 18.7. The molecule has 0 spiro atoms. The highest BCUT2D eigenvalue weighted by Crippen LogP contribution is 2.31. The van der Waals surface area contributed by atoms with Gasteiger partial charge in [0.15, 0.2) is 0 Å². The maximum absolute atomic E-state index is 12.5. The first-order valence-electron chi connectivity index (χ1n) is 7.73. The molecular weight excluding hydrogens is 393 g/mol. The third kappa shape index (κ3) is 4.00. The molecule has 0 saturated carbocycles. The van der Waals surface area contributed by atoms with E-state index in [0.717, 1.165) is 11.3 Å². The lowest BCUT2D eigenvalue weighted by molar-refractivity contribution is -0.115. The van der Waals surface area contributed by atoms with E-state index >= 15 is 0 Å². The number of para-hydroxylation sites is 1. The molecule has 1 amide bonds.